The lowest BCUT2D eigenvalue weighted by Crippen LogP contribution is -1.99. The number of methoxy groups -OCH3 is 1. The Kier molecular flexibility index (Phi) is 6.26. The Morgan fingerprint density at radius 1 is 1.19 bits per heavy atom. The predicted octanol–water partition coefficient (Wildman–Crippen LogP) is 6.63. The Hall–Kier alpha value is -3.27. The van der Waals surface area contributed by atoms with Crippen LogP contribution in [0.3, 0.4) is 0 Å². The summed E-state index contributed by atoms with van der Waals surface area (Å²) in [7, 11) is 1.57. The molecule has 0 bridgehead atoms. The van der Waals surface area contributed by atoms with Gasteiger partial charge in [-0.05, 0) is 57.9 Å². The summed E-state index contributed by atoms with van der Waals surface area (Å²) < 4.78 is 12.2. The molecule has 4 aromatic rings. The summed E-state index contributed by atoms with van der Waals surface area (Å²) in [6.07, 6.45) is 1.75. The first kappa shape index (κ1) is 21.0. The van der Waals surface area contributed by atoms with Crippen LogP contribution >= 0.6 is 27.5 Å². The highest BCUT2D eigenvalue weighted by atomic mass is 79.9. The number of para-hydroxylation sites is 2. The number of rotatable bonds is 6. The zero-order chi connectivity index (χ0) is 21.8. The van der Waals surface area contributed by atoms with Gasteiger partial charge in [0.2, 0.25) is 0 Å². The molecule has 4 rings (SSSR count). The fraction of sp³-hybridized carbons (Fsp3) is 0.0833. The van der Waals surface area contributed by atoms with Crippen molar-refractivity contribution in [2.75, 3.05) is 7.11 Å². The molecule has 0 aliphatic carbocycles. The van der Waals surface area contributed by atoms with Gasteiger partial charge in [-0.2, -0.15) is 5.26 Å². The molecule has 3 aromatic carbocycles. The highest BCUT2D eigenvalue weighted by molar-refractivity contribution is 9.10. The van der Waals surface area contributed by atoms with E-state index in [0.717, 1.165) is 22.2 Å². The third kappa shape index (κ3) is 4.58. The molecule has 0 fully saturated rings. The van der Waals surface area contributed by atoms with Crippen LogP contribution in [0.2, 0.25) is 5.02 Å². The number of aromatic amines is 1. The molecule has 0 saturated heterocycles. The van der Waals surface area contributed by atoms with Gasteiger partial charge in [-0.15, -0.1) is 0 Å². The molecule has 0 saturated carbocycles. The number of H-pyrrole nitrogens is 1. The average molecular weight is 495 g/mol. The molecule has 1 N–H and O–H groups in total. The maximum atomic E-state index is 9.69. The molecule has 0 spiro atoms. The quantitative estimate of drug-likeness (QED) is 0.305. The number of halogens is 2. The molecule has 1 heterocycles. The molecule has 1 aromatic heterocycles. The number of nitrogens with zero attached hydrogens (tertiary/aromatic N) is 2. The summed E-state index contributed by atoms with van der Waals surface area (Å²) in [6.45, 7) is 0.298. The first-order valence-electron chi connectivity index (χ1n) is 9.39. The minimum atomic E-state index is 0.298. The second-order valence-corrected chi connectivity index (χ2v) is 7.95. The van der Waals surface area contributed by atoms with Crippen LogP contribution in [0, 0.1) is 11.3 Å². The van der Waals surface area contributed by atoms with E-state index < -0.39 is 0 Å². The van der Waals surface area contributed by atoms with Crippen LogP contribution in [0.4, 0.5) is 0 Å². The van der Waals surface area contributed by atoms with Crippen molar-refractivity contribution in [3.05, 3.63) is 87.1 Å². The lowest BCUT2D eigenvalue weighted by molar-refractivity contribution is 0.282. The predicted molar refractivity (Wildman–Crippen MR) is 126 cm³/mol. The number of hydrogen-bond acceptors (Lipinski definition) is 4. The normalized spacial score (nSPS) is 11.4. The SMILES string of the molecule is COc1cc(/C=C(\C#N)c2nc3ccccc3[nH]2)cc(Br)c1OCc1ccccc1Cl. The Morgan fingerprint density at radius 2 is 1.97 bits per heavy atom. The molecule has 154 valence electrons. The van der Waals surface area contributed by atoms with Crippen molar-refractivity contribution in [1.82, 2.24) is 9.97 Å². The van der Waals surface area contributed by atoms with Crippen molar-refractivity contribution >= 4 is 50.2 Å². The summed E-state index contributed by atoms with van der Waals surface area (Å²) in [4.78, 5) is 7.69. The zero-order valence-corrected chi connectivity index (χ0v) is 18.9. The van der Waals surface area contributed by atoms with Crippen molar-refractivity contribution in [2.45, 2.75) is 6.61 Å². The van der Waals surface area contributed by atoms with Crippen LogP contribution in [0.1, 0.15) is 17.0 Å². The standard InChI is InChI=1S/C24H17BrClN3O2/c1-30-22-12-15(10-17(13-27)24-28-20-8-4-5-9-21(20)29-24)11-18(25)23(22)31-14-16-6-2-3-7-19(16)26/h2-12H,14H2,1H3,(H,28,29)/b17-10+. The second kappa shape index (κ2) is 9.25. The van der Waals surface area contributed by atoms with Crippen LogP contribution in [0.15, 0.2) is 65.1 Å². The maximum Gasteiger partial charge on any atom is 0.175 e. The Morgan fingerprint density at radius 3 is 2.71 bits per heavy atom. The molecule has 31 heavy (non-hydrogen) atoms. The molecular weight excluding hydrogens is 478 g/mol. The summed E-state index contributed by atoms with van der Waals surface area (Å²) >= 11 is 9.77. The van der Waals surface area contributed by atoms with E-state index in [1.54, 1.807) is 13.2 Å². The minimum Gasteiger partial charge on any atom is -0.493 e. The number of nitriles is 1. The van der Waals surface area contributed by atoms with Gasteiger partial charge >= 0.3 is 0 Å². The fourth-order valence-electron chi connectivity index (χ4n) is 3.13. The van der Waals surface area contributed by atoms with Crippen LogP contribution in [-0.2, 0) is 6.61 Å². The molecule has 0 aliphatic heterocycles. The smallest absolute Gasteiger partial charge is 0.175 e. The lowest BCUT2D eigenvalue weighted by Gasteiger charge is -2.14. The lowest BCUT2D eigenvalue weighted by atomic mass is 10.1. The Balaban J connectivity index is 1.65. The van der Waals surface area contributed by atoms with Gasteiger partial charge < -0.3 is 14.5 Å². The van der Waals surface area contributed by atoms with Crippen molar-refractivity contribution in [3.63, 3.8) is 0 Å². The number of benzene rings is 3. The minimum absolute atomic E-state index is 0.298. The van der Waals surface area contributed by atoms with Crippen LogP contribution < -0.4 is 9.47 Å². The number of nitrogens with one attached hydrogen (secondary N) is 1. The van der Waals surface area contributed by atoms with E-state index in [1.165, 1.54) is 0 Å². The first-order valence-corrected chi connectivity index (χ1v) is 10.6. The second-order valence-electron chi connectivity index (χ2n) is 6.69. The summed E-state index contributed by atoms with van der Waals surface area (Å²) in [5.41, 5.74) is 3.74. The first-order chi connectivity index (χ1) is 15.1. The number of imidazole rings is 1. The van der Waals surface area contributed by atoms with Gasteiger partial charge in [-0.3, -0.25) is 0 Å². The number of fused-ring (bicyclic) bond motifs is 1. The molecule has 7 heteroatoms. The zero-order valence-electron chi connectivity index (χ0n) is 16.5. The molecular formula is C24H17BrClN3O2. The van der Waals surface area contributed by atoms with Gasteiger partial charge in [-0.25, -0.2) is 4.98 Å². The van der Waals surface area contributed by atoms with Crippen LogP contribution in [-0.4, -0.2) is 17.1 Å². The van der Waals surface area contributed by atoms with Gasteiger partial charge in [0.25, 0.3) is 0 Å². The summed E-state index contributed by atoms with van der Waals surface area (Å²) in [6, 6.07) is 21.1. The number of aromatic nitrogens is 2. The number of hydrogen-bond donors (Lipinski definition) is 1. The van der Waals surface area contributed by atoms with Crippen molar-refractivity contribution in [2.24, 2.45) is 0 Å². The van der Waals surface area contributed by atoms with Crippen molar-refractivity contribution in [3.8, 4) is 17.6 Å². The Bertz CT molecular complexity index is 1290. The van der Waals surface area contributed by atoms with Gasteiger partial charge in [0.1, 0.15) is 18.5 Å². The molecule has 0 aliphatic rings. The van der Waals surface area contributed by atoms with E-state index >= 15 is 0 Å². The third-order valence-corrected chi connectivity index (χ3v) is 5.62. The molecule has 0 radical (unpaired) electrons. The van der Waals surface area contributed by atoms with Crippen molar-refractivity contribution in [1.29, 1.82) is 5.26 Å². The molecule has 5 nitrogen and oxygen atoms in total. The van der Waals surface area contributed by atoms with Crippen LogP contribution in [0.5, 0.6) is 11.5 Å². The third-order valence-electron chi connectivity index (χ3n) is 4.66. The van der Waals surface area contributed by atoms with Crippen LogP contribution in [0.25, 0.3) is 22.7 Å². The molecule has 0 amide bonds. The van der Waals surface area contributed by atoms with E-state index in [4.69, 9.17) is 21.1 Å². The van der Waals surface area contributed by atoms with Gasteiger partial charge in [0, 0.05) is 10.6 Å². The van der Waals surface area contributed by atoms with E-state index in [9.17, 15) is 5.26 Å². The Labute approximate surface area is 193 Å². The van der Waals surface area contributed by atoms with E-state index in [0.29, 0.717) is 39.0 Å². The number of allylic oxidation sites excluding steroid dienone is 1. The highest BCUT2D eigenvalue weighted by Crippen LogP contribution is 2.38. The van der Waals surface area contributed by atoms with Crippen molar-refractivity contribution < 1.29 is 9.47 Å². The van der Waals surface area contributed by atoms with E-state index in [-0.39, 0.29) is 0 Å². The summed E-state index contributed by atoms with van der Waals surface area (Å²) in [5.74, 6) is 1.61. The molecule has 0 atom stereocenters. The number of ether oxygens (including phenoxy) is 2. The highest BCUT2D eigenvalue weighted by Gasteiger charge is 2.14. The molecule has 0 unspecified atom stereocenters. The van der Waals surface area contributed by atoms with Gasteiger partial charge in [0.15, 0.2) is 11.5 Å². The van der Waals surface area contributed by atoms with E-state index in [1.807, 2.05) is 60.7 Å². The van der Waals surface area contributed by atoms with Gasteiger partial charge in [-0.1, -0.05) is 41.9 Å². The van der Waals surface area contributed by atoms with E-state index in [2.05, 4.69) is 32.0 Å². The topological polar surface area (TPSA) is 70.9 Å². The maximum absolute atomic E-state index is 9.69. The summed E-state index contributed by atoms with van der Waals surface area (Å²) in [5, 5.41) is 10.3. The largest absolute Gasteiger partial charge is 0.493 e. The van der Waals surface area contributed by atoms with Gasteiger partial charge in [0.05, 0.1) is 28.2 Å². The fourth-order valence-corrected chi connectivity index (χ4v) is 3.89. The monoisotopic (exact) mass is 493 g/mol. The average Bonchev–Trinajstić information content (AvgIpc) is 3.21.